The van der Waals surface area contributed by atoms with Gasteiger partial charge in [0.15, 0.2) is 11.5 Å². The van der Waals surface area contributed by atoms with Gasteiger partial charge in [0.05, 0.1) is 6.10 Å². The number of nitrogens with zero attached hydrogens (tertiary/aromatic N) is 1. The number of carbonyl (C=O) groups is 1. The molecule has 0 unspecified atom stereocenters. The van der Waals surface area contributed by atoms with Crippen LogP contribution >= 0.6 is 0 Å². The summed E-state index contributed by atoms with van der Waals surface area (Å²) in [5.41, 5.74) is 3.35. The van der Waals surface area contributed by atoms with Crippen LogP contribution in [0.3, 0.4) is 0 Å². The summed E-state index contributed by atoms with van der Waals surface area (Å²) in [6.07, 6.45) is 5.66. The van der Waals surface area contributed by atoms with Gasteiger partial charge in [-0.3, -0.25) is 4.79 Å². The molecule has 0 saturated heterocycles. The number of aliphatic hydroxyl groups excluding tert-OH is 1. The fraction of sp³-hybridized carbons (Fsp3) is 0.391. The minimum atomic E-state index is -0.222. The first-order valence-electron chi connectivity index (χ1n) is 10.1. The van der Waals surface area contributed by atoms with E-state index in [2.05, 4.69) is 34.6 Å². The van der Waals surface area contributed by atoms with Crippen LogP contribution in [0.25, 0.3) is 11.1 Å². The minimum absolute atomic E-state index is 0.0862. The lowest BCUT2D eigenvalue weighted by Crippen LogP contribution is -2.38. The van der Waals surface area contributed by atoms with Crippen LogP contribution in [-0.2, 0) is 12.8 Å². The first-order valence-corrected chi connectivity index (χ1v) is 10.1. The van der Waals surface area contributed by atoms with Gasteiger partial charge in [0.25, 0.3) is 5.91 Å². The number of carbonyl (C=O) groups excluding carboxylic acids is 1. The molecular formula is C23H26N2O3. The number of nitrogens with one attached hydrogen (secondary N) is 1. The van der Waals surface area contributed by atoms with E-state index < -0.39 is 0 Å². The average Bonchev–Trinajstić information content (AvgIpc) is 3.12. The Bertz CT molecular complexity index is 927. The van der Waals surface area contributed by atoms with Crippen LogP contribution in [0.2, 0.25) is 0 Å². The molecule has 5 nitrogen and oxygen atoms in total. The zero-order chi connectivity index (χ0) is 19.3. The number of oxazole rings is 1. The van der Waals surface area contributed by atoms with Crippen molar-refractivity contribution in [3.63, 3.8) is 0 Å². The molecule has 5 heteroatoms. The molecule has 1 aliphatic rings. The largest absolute Gasteiger partial charge is 0.441 e. The lowest BCUT2D eigenvalue weighted by molar-refractivity contribution is 0.0868. The van der Waals surface area contributed by atoms with Crippen LogP contribution in [0.5, 0.6) is 0 Å². The zero-order valence-electron chi connectivity index (χ0n) is 15.9. The van der Waals surface area contributed by atoms with Crippen molar-refractivity contribution in [3.8, 4) is 0 Å². The third-order valence-electron chi connectivity index (χ3n) is 5.42. The molecule has 4 rings (SSSR count). The van der Waals surface area contributed by atoms with E-state index in [0.29, 0.717) is 17.0 Å². The maximum absolute atomic E-state index is 12.5. The molecule has 2 aromatic carbocycles. The van der Waals surface area contributed by atoms with Crippen molar-refractivity contribution in [2.75, 3.05) is 0 Å². The van der Waals surface area contributed by atoms with Crippen molar-refractivity contribution >= 4 is 17.0 Å². The number of amides is 1. The smallest absolute Gasteiger partial charge is 0.251 e. The van der Waals surface area contributed by atoms with Crippen molar-refractivity contribution in [2.45, 2.75) is 57.1 Å². The van der Waals surface area contributed by atoms with Crippen LogP contribution in [-0.4, -0.2) is 28.1 Å². The summed E-state index contributed by atoms with van der Waals surface area (Å²) in [6, 6.07) is 15.9. The van der Waals surface area contributed by atoms with Crippen LogP contribution in [0.4, 0.5) is 0 Å². The number of aliphatic hydroxyl groups is 1. The summed E-state index contributed by atoms with van der Waals surface area (Å²) in [6.45, 7) is 0. The Morgan fingerprint density at radius 1 is 1.07 bits per heavy atom. The van der Waals surface area contributed by atoms with E-state index in [4.69, 9.17) is 4.42 Å². The molecule has 1 saturated carbocycles. The lowest BCUT2D eigenvalue weighted by Gasteiger charge is -2.26. The highest BCUT2D eigenvalue weighted by atomic mass is 16.3. The summed E-state index contributed by atoms with van der Waals surface area (Å²) < 4.78 is 5.83. The number of benzene rings is 2. The van der Waals surface area contributed by atoms with Crippen LogP contribution < -0.4 is 5.32 Å². The monoisotopic (exact) mass is 378 g/mol. The number of hydrogen-bond acceptors (Lipinski definition) is 4. The van der Waals surface area contributed by atoms with Crippen LogP contribution in [0.1, 0.15) is 53.9 Å². The molecule has 1 fully saturated rings. The number of hydrogen-bond donors (Lipinski definition) is 2. The van der Waals surface area contributed by atoms with E-state index in [1.165, 1.54) is 5.56 Å². The maximum Gasteiger partial charge on any atom is 0.251 e. The normalized spacial score (nSPS) is 19.6. The highest BCUT2D eigenvalue weighted by Crippen LogP contribution is 2.21. The number of aromatic nitrogens is 1. The van der Waals surface area contributed by atoms with Gasteiger partial charge in [-0.2, -0.15) is 0 Å². The molecule has 0 atom stereocenters. The molecule has 1 aliphatic carbocycles. The molecule has 0 bridgehead atoms. The average molecular weight is 378 g/mol. The molecular weight excluding hydrogens is 352 g/mol. The Balaban J connectivity index is 1.36. The second-order valence-electron chi connectivity index (χ2n) is 7.61. The molecule has 0 aliphatic heterocycles. The first-order chi connectivity index (χ1) is 13.7. The Hall–Kier alpha value is -2.66. The summed E-state index contributed by atoms with van der Waals surface area (Å²) in [5.74, 6) is 0.627. The van der Waals surface area contributed by atoms with Crippen molar-refractivity contribution in [1.82, 2.24) is 10.3 Å². The summed E-state index contributed by atoms with van der Waals surface area (Å²) >= 11 is 0. The second-order valence-corrected chi connectivity index (χ2v) is 7.61. The molecule has 1 heterocycles. The molecule has 3 aromatic rings. The van der Waals surface area contributed by atoms with Gasteiger partial charge < -0.3 is 14.8 Å². The van der Waals surface area contributed by atoms with E-state index in [0.717, 1.165) is 50.5 Å². The van der Waals surface area contributed by atoms with Gasteiger partial charge in [-0.1, -0.05) is 30.3 Å². The van der Waals surface area contributed by atoms with Gasteiger partial charge in [0.2, 0.25) is 0 Å². The Morgan fingerprint density at radius 2 is 1.86 bits per heavy atom. The van der Waals surface area contributed by atoms with Gasteiger partial charge in [-0.15, -0.1) is 0 Å². The van der Waals surface area contributed by atoms with E-state index in [-0.39, 0.29) is 18.1 Å². The standard InChI is InChI=1S/C23H26N2O3/c26-19-12-10-18(11-13-19)24-23(27)17-9-14-21-20(15-17)25-22(28-21)8-4-7-16-5-2-1-3-6-16/h1-3,5-6,9,14-15,18-19,26H,4,7-8,10-13H2,(H,24,27). The quantitative estimate of drug-likeness (QED) is 0.679. The SMILES string of the molecule is O=C(NC1CCC(O)CC1)c1ccc2oc(CCCc3ccccc3)nc2c1. The van der Waals surface area contributed by atoms with Gasteiger partial charge in [-0.05, 0) is 62.3 Å². The predicted octanol–water partition coefficient (Wildman–Crippen LogP) is 4.04. The lowest BCUT2D eigenvalue weighted by atomic mass is 9.93. The third kappa shape index (κ3) is 4.60. The number of rotatable bonds is 6. The summed E-state index contributed by atoms with van der Waals surface area (Å²) in [7, 11) is 0. The molecule has 0 spiro atoms. The highest BCUT2D eigenvalue weighted by molar-refractivity contribution is 5.97. The molecule has 1 aromatic heterocycles. The highest BCUT2D eigenvalue weighted by Gasteiger charge is 2.21. The van der Waals surface area contributed by atoms with Gasteiger partial charge in [-0.25, -0.2) is 4.98 Å². The fourth-order valence-corrected chi connectivity index (χ4v) is 3.80. The van der Waals surface area contributed by atoms with Crippen LogP contribution in [0.15, 0.2) is 52.9 Å². The predicted molar refractivity (Wildman–Crippen MR) is 108 cm³/mol. The molecule has 28 heavy (non-hydrogen) atoms. The van der Waals surface area contributed by atoms with Gasteiger partial charge in [0.1, 0.15) is 5.52 Å². The van der Waals surface area contributed by atoms with Gasteiger partial charge in [0, 0.05) is 18.0 Å². The number of fused-ring (bicyclic) bond motifs is 1. The fourth-order valence-electron chi connectivity index (χ4n) is 3.80. The van der Waals surface area contributed by atoms with E-state index >= 15 is 0 Å². The Kier molecular flexibility index (Phi) is 5.72. The molecule has 2 N–H and O–H groups in total. The molecule has 0 radical (unpaired) electrons. The summed E-state index contributed by atoms with van der Waals surface area (Å²) in [4.78, 5) is 17.1. The maximum atomic E-state index is 12.5. The van der Waals surface area contributed by atoms with Crippen molar-refractivity contribution in [2.24, 2.45) is 0 Å². The van der Waals surface area contributed by atoms with Crippen LogP contribution in [0, 0.1) is 0 Å². The van der Waals surface area contributed by atoms with Crippen molar-refractivity contribution < 1.29 is 14.3 Å². The van der Waals surface area contributed by atoms with Crippen molar-refractivity contribution in [3.05, 3.63) is 65.5 Å². The zero-order valence-corrected chi connectivity index (χ0v) is 15.9. The first kappa shape index (κ1) is 18.7. The van der Waals surface area contributed by atoms with E-state index in [1.54, 1.807) is 12.1 Å². The van der Waals surface area contributed by atoms with E-state index in [9.17, 15) is 9.90 Å². The Labute approximate surface area is 164 Å². The second kappa shape index (κ2) is 8.57. The third-order valence-corrected chi connectivity index (χ3v) is 5.42. The number of aryl methyl sites for hydroxylation is 2. The topological polar surface area (TPSA) is 75.4 Å². The molecule has 146 valence electrons. The van der Waals surface area contributed by atoms with Gasteiger partial charge >= 0.3 is 0 Å². The molecule has 1 amide bonds. The van der Waals surface area contributed by atoms with Crippen molar-refractivity contribution in [1.29, 1.82) is 0 Å². The summed E-state index contributed by atoms with van der Waals surface area (Å²) in [5, 5.41) is 12.7. The van der Waals surface area contributed by atoms with E-state index in [1.807, 2.05) is 12.1 Å². The Morgan fingerprint density at radius 3 is 2.64 bits per heavy atom. The minimum Gasteiger partial charge on any atom is -0.441 e.